The van der Waals surface area contributed by atoms with E-state index in [4.69, 9.17) is 0 Å². The minimum Gasteiger partial charge on any atom is -0.353 e. The molecule has 16 heavy (non-hydrogen) atoms. The van der Waals surface area contributed by atoms with Crippen LogP contribution in [0.5, 0.6) is 0 Å². The lowest BCUT2D eigenvalue weighted by Crippen LogP contribution is -2.25. The fourth-order valence-corrected chi connectivity index (χ4v) is 3.59. The summed E-state index contributed by atoms with van der Waals surface area (Å²) in [5, 5.41) is 2.70. The van der Waals surface area contributed by atoms with Crippen LogP contribution in [-0.4, -0.2) is 35.9 Å². The summed E-state index contributed by atoms with van der Waals surface area (Å²) >= 11 is 0. The van der Waals surface area contributed by atoms with Gasteiger partial charge in [0.1, 0.15) is 0 Å². The first-order valence-electron chi connectivity index (χ1n) is 5.33. The van der Waals surface area contributed by atoms with Crippen LogP contribution in [0.2, 0.25) is 0 Å². The summed E-state index contributed by atoms with van der Waals surface area (Å²) < 4.78 is 23.1. The first kappa shape index (κ1) is 11.3. The fourth-order valence-electron chi connectivity index (χ4n) is 1.83. The molecule has 0 aliphatic carbocycles. The third kappa shape index (κ3) is 2.49. The van der Waals surface area contributed by atoms with Crippen molar-refractivity contribution >= 4 is 15.8 Å². The topological polar surface area (TPSA) is 72.0 Å². The van der Waals surface area contributed by atoms with Crippen LogP contribution in [0, 0.1) is 6.92 Å². The van der Waals surface area contributed by atoms with Crippen LogP contribution in [-0.2, 0) is 9.84 Å². The number of sulfone groups is 1. The van der Waals surface area contributed by atoms with Crippen molar-refractivity contribution in [2.24, 2.45) is 0 Å². The highest BCUT2D eigenvalue weighted by molar-refractivity contribution is 7.92. The van der Waals surface area contributed by atoms with Gasteiger partial charge in [0.2, 0.25) is 5.95 Å². The highest BCUT2D eigenvalue weighted by Crippen LogP contribution is 2.19. The van der Waals surface area contributed by atoms with E-state index in [-0.39, 0.29) is 5.25 Å². The van der Waals surface area contributed by atoms with Gasteiger partial charge in [0.25, 0.3) is 0 Å². The Hall–Kier alpha value is -1.17. The standard InChI is InChI=1S/C10H15N3O2S/c1-8-4-5-11-10(13-8)12-7-9-3-2-6-16(9,14)15/h4-5,9H,2-3,6-7H2,1H3,(H,11,12,13). The van der Waals surface area contributed by atoms with Gasteiger partial charge >= 0.3 is 0 Å². The zero-order valence-corrected chi connectivity index (χ0v) is 10.00. The molecule has 6 heteroatoms. The number of rotatable bonds is 3. The van der Waals surface area contributed by atoms with Crippen molar-refractivity contribution in [3.8, 4) is 0 Å². The van der Waals surface area contributed by atoms with Crippen molar-refractivity contribution in [3.63, 3.8) is 0 Å². The van der Waals surface area contributed by atoms with Crippen molar-refractivity contribution in [2.75, 3.05) is 17.6 Å². The van der Waals surface area contributed by atoms with E-state index >= 15 is 0 Å². The predicted octanol–water partition coefficient (Wildman–Crippen LogP) is 0.774. The van der Waals surface area contributed by atoms with Gasteiger partial charge < -0.3 is 5.32 Å². The zero-order valence-electron chi connectivity index (χ0n) is 9.18. The SMILES string of the molecule is Cc1ccnc(NCC2CCCS2(=O)=O)n1. The molecule has 2 rings (SSSR count). The predicted molar refractivity (Wildman–Crippen MR) is 62.1 cm³/mol. The van der Waals surface area contributed by atoms with E-state index in [1.807, 2.05) is 6.92 Å². The maximum atomic E-state index is 11.6. The van der Waals surface area contributed by atoms with Crippen LogP contribution in [0.1, 0.15) is 18.5 Å². The zero-order chi connectivity index (χ0) is 11.6. The summed E-state index contributed by atoms with van der Waals surface area (Å²) in [7, 11) is -2.89. The fraction of sp³-hybridized carbons (Fsp3) is 0.600. The molecule has 0 aromatic carbocycles. The van der Waals surface area contributed by atoms with Gasteiger partial charge in [0, 0.05) is 18.4 Å². The Morgan fingerprint density at radius 3 is 3.00 bits per heavy atom. The molecule has 1 fully saturated rings. The van der Waals surface area contributed by atoms with E-state index in [1.165, 1.54) is 0 Å². The summed E-state index contributed by atoms with van der Waals surface area (Å²) in [6.45, 7) is 2.28. The molecule has 1 aromatic heterocycles. The van der Waals surface area contributed by atoms with Crippen molar-refractivity contribution in [1.82, 2.24) is 9.97 Å². The highest BCUT2D eigenvalue weighted by atomic mass is 32.2. The number of anilines is 1. The largest absolute Gasteiger partial charge is 0.353 e. The van der Waals surface area contributed by atoms with Crippen molar-refractivity contribution in [2.45, 2.75) is 25.0 Å². The van der Waals surface area contributed by atoms with Crippen LogP contribution in [0.15, 0.2) is 12.3 Å². The van der Waals surface area contributed by atoms with Crippen molar-refractivity contribution in [1.29, 1.82) is 0 Å². The molecule has 1 aliphatic rings. The second kappa shape index (κ2) is 4.37. The molecular weight excluding hydrogens is 226 g/mol. The van der Waals surface area contributed by atoms with Gasteiger partial charge in [-0.05, 0) is 25.8 Å². The molecule has 1 aliphatic heterocycles. The maximum absolute atomic E-state index is 11.6. The molecule has 0 radical (unpaired) electrons. The summed E-state index contributed by atoms with van der Waals surface area (Å²) in [6.07, 6.45) is 3.16. The Labute approximate surface area is 95.2 Å². The van der Waals surface area contributed by atoms with Crippen LogP contribution in [0.25, 0.3) is 0 Å². The van der Waals surface area contributed by atoms with Crippen LogP contribution < -0.4 is 5.32 Å². The molecule has 0 bridgehead atoms. The van der Waals surface area contributed by atoms with Crippen LogP contribution in [0.4, 0.5) is 5.95 Å². The van der Waals surface area contributed by atoms with Gasteiger partial charge in [0.05, 0.1) is 11.0 Å². The van der Waals surface area contributed by atoms with Crippen molar-refractivity contribution in [3.05, 3.63) is 18.0 Å². The Balaban J connectivity index is 1.98. The van der Waals surface area contributed by atoms with Gasteiger partial charge in [-0.15, -0.1) is 0 Å². The molecule has 0 amide bonds. The van der Waals surface area contributed by atoms with E-state index in [1.54, 1.807) is 12.3 Å². The summed E-state index contributed by atoms with van der Waals surface area (Å²) in [6, 6.07) is 1.80. The second-order valence-electron chi connectivity index (χ2n) is 4.03. The van der Waals surface area contributed by atoms with Crippen molar-refractivity contribution < 1.29 is 8.42 Å². The van der Waals surface area contributed by atoms with Gasteiger partial charge in [-0.25, -0.2) is 18.4 Å². The number of nitrogens with zero attached hydrogens (tertiary/aromatic N) is 2. The molecule has 0 spiro atoms. The second-order valence-corrected chi connectivity index (χ2v) is 6.43. The van der Waals surface area contributed by atoms with E-state index in [0.717, 1.165) is 18.5 Å². The molecule has 2 heterocycles. The lowest BCUT2D eigenvalue weighted by atomic mass is 10.2. The normalized spacial score (nSPS) is 23.2. The van der Waals surface area contributed by atoms with Gasteiger partial charge in [0.15, 0.2) is 9.84 Å². The maximum Gasteiger partial charge on any atom is 0.222 e. The number of nitrogens with one attached hydrogen (secondary N) is 1. The number of aromatic nitrogens is 2. The highest BCUT2D eigenvalue weighted by Gasteiger charge is 2.30. The number of aryl methyl sites for hydroxylation is 1. The average molecular weight is 241 g/mol. The first-order chi connectivity index (χ1) is 7.58. The molecule has 1 saturated heterocycles. The molecule has 0 saturated carbocycles. The van der Waals surface area contributed by atoms with E-state index in [9.17, 15) is 8.42 Å². The van der Waals surface area contributed by atoms with Gasteiger partial charge in [-0.1, -0.05) is 0 Å². The molecule has 1 unspecified atom stereocenters. The van der Waals surface area contributed by atoms with E-state index in [2.05, 4.69) is 15.3 Å². The lowest BCUT2D eigenvalue weighted by Gasteiger charge is -2.10. The Morgan fingerprint density at radius 1 is 1.56 bits per heavy atom. The number of hydrogen-bond acceptors (Lipinski definition) is 5. The molecule has 1 N–H and O–H groups in total. The lowest BCUT2D eigenvalue weighted by molar-refractivity contribution is 0.591. The Bertz CT molecular complexity index is 473. The Kier molecular flexibility index (Phi) is 3.09. The third-order valence-electron chi connectivity index (χ3n) is 2.75. The molecular formula is C10H15N3O2S. The average Bonchev–Trinajstić information content (AvgIpc) is 2.55. The number of hydrogen-bond donors (Lipinski definition) is 1. The van der Waals surface area contributed by atoms with Gasteiger partial charge in [-0.3, -0.25) is 0 Å². The summed E-state index contributed by atoms with van der Waals surface area (Å²) in [5.74, 6) is 0.815. The molecule has 1 atom stereocenters. The molecule has 5 nitrogen and oxygen atoms in total. The van der Waals surface area contributed by atoms with E-state index in [0.29, 0.717) is 18.2 Å². The monoisotopic (exact) mass is 241 g/mol. The molecule has 88 valence electrons. The first-order valence-corrected chi connectivity index (χ1v) is 7.04. The summed E-state index contributed by atoms with van der Waals surface area (Å²) in [5.41, 5.74) is 0.867. The molecule has 1 aromatic rings. The Morgan fingerprint density at radius 2 is 2.38 bits per heavy atom. The minimum absolute atomic E-state index is 0.281. The van der Waals surface area contributed by atoms with Gasteiger partial charge in [-0.2, -0.15) is 0 Å². The minimum atomic E-state index is -2.89. The third-order valence-corrected chi connectivity index (χ3v) is 5.02. The van der Waals surface area contributed by atoms with E-state index < -0.39 is 9.84 Å². The van der Waals surface area contributed by atoms with Crippen LogP contribution in [0.3, 0.4) is 0 Å². The smallest absolute Gasteiger partial charge is 0.222 e. The van der Waals surface area contributed by atoms with Crippen LogP contribution >= 0.6 is 0 Å². The quantitative estimate of drug-likeness (QED) is 0.846. The summed E-state index contributed by atoms with van der Waals surface area (Å²) in [4.78, 5) is 8.20.